The fourth-order valence-electron chi connectivity index (χ4n) is 1.98. The Labute approximate surface area is 96.7 Å². The highest BCUT2D eigenvalue weighted by Crippen LogP contribution is 2.29. The molecule has 1 aliphatic heterocycles. The minimum atomic E-state index is -1.67. The Morgan fingerprint density at radius 2 is 2.12 bits per heavy atom. The van der Waals surface area contributed by atoms with E-state index < -0.39 is 8.32 Å². The molecule has 1 unspecified atom stereocenters. The first-order valence-corrected chi connectivity index (χ1v) is 9.03. The molecule has 4 nitrogen and oxygen atoms in total. The van der Waals surface area contributed by atoms with Crippen LogP contribution in [0, 0.1) is 0 Å². The highest BCUT2D eigenvalue weighted by atomic mass is 28.4. The highest BCUT2D eigenvalue weighted by molar-refractivity contribution is 6.69. The molecule has 0 aromatic heterocycles. The van der Waals surface area contributed by atoms with Crippen molar-refractivity contribution in [3.8, 4) is 0 Å². The van der Waals surface area contributed by atoms with Crippen molar-refractivity contribution in [3.63, 3.8) is 0 Å². The number of hydrogen-bond donors (Lipinski definition) is 0. The number of rotatable bonds is 2. The summed E-state index contributed by atoms with van der Waals surface area (Å²) in [5.74, 6) is 0.870. The quantitative estimate of drug-likeness (QED) is 0.693. The molecule has 2 aliphatic rings. The van der Waals surface area contributed by atoms with Gasteiger partial charge in [-0.15, -0.1) is 0 Å². The Morgan fingerprint density at radius 3 is 2.81 bits per heavy atom. The van der Waals surface area contributed by atoms with Gasteiger partial charge in [0, 0.05) is 6.42 Å². The van der Waals surface area contributed by atoms with Crippen LogP contribution in [-0.4, -0.2) is 33.6 Å². The number of carbonyl (C=O) groups excluding carboxylic acids is 1. The van der Waals surface area contributed by atoms with Gasteiger partial charge in [0.15, 0.2) is 20.9 Å². The van der Waals surface area contributed by atoms with E-state index in [2.05, 4.69) is 19.6 Å². The van der Waals surface area contributed by atoms with E-state index in [1.54, 1.807) is 0 Å². The molecular formula is C11H18O4Si. The Hall–Kier alpha value is -0.653. The number of allylic oxidation sites excluding steroid dienone is 1. The maximum Gasteiger partial charge on any atom is 0.192 e. The Morgan fingerprint density at radius 1 is 1.38 bits per heavy atom. The smallest absolute Gasteiger partial charge is 0.192 e. The van der Waals surface area contributed by atoms with Gasteiger partial charge in [-0.1, -0.05) is 0 Å². The van der Waals surface area contributed by atoms with Crippen LogP contribution in [0.15, 0.2) is 11.3 Å². The SMILES string of the molecule is C[Si](C)(C)OC1CCC2=C(COCO2)C1=O. The molecule has 1 atom stereocenters. The van der Waals surface area contributed by atoms with Crippen molar-refractivity contribution >= 4 is 14.1 Å². The molecule has 0 spiro atoms. The second kappa shape index (κ2) is 4.31. The minimum absolute atomic E-state index is 0.0587. The Balaban J connectivity index is 2.11. The molecule has 0 saturated carbocycles. The van der Waals surface area contributed by atoms with Gasteiger partial charge >= 0.3 is 0 Å². The summed E-state index contributed by atoms with van der Waals surface area (Å²) in [7, 11) is -1.67. The van der Waals surface area contributed by atoms with Gasteiger partial charge in [0.05, 0.1) is 12.2 Å². The van der Waals surface area contributed by atoms with Crippen LogP contribution < -0.4 is 0 Å². The maximum atomic E-state index is 12.1. The van der Waals surface area contributed by atoms with Crippen molar-refractivity contribution < 1.29 is 18.7 Å². The molecule has 0 amide bonds. The van der Waals surface area contributed by atoms with Crippen molar-refractivity contribution in [2.24, 2.45) is 0 Å². The van der Waals surface area contributed by atoms with E-state index in [9.17, 15) is 4.79 Å². The maximum absolute atomic E-state index is 12.1. The predicted octanol–water partition coefficient (Wildman–Crippen LogP) is 1.83. The van der Waals surface area contributed by atoms with E-state index in [4.69, 9.17) is 13.9 Å². The first-order valence-electron chi connectivity index (χ1n) is 5.62. The first kappa shape index (κ1) is 11.8. The average molecular weight is 242 g/mol. The van der Waals surface area contributed by atoms with E-state index in [0.717, 1.165) is 18.6 Å². The molecule has 0 N–H and O–H groups in total. The summed E-state index contributed by atoms with van der Waals surface area (Å²) in [5, 5.41) is 0. The lowest BCUT2D eigenvalue weighted by Crippen LogP contribution is -2.41. The summed E-state index contributed by atoms with van der Waals surface area (Å²) in [6.07, 6.45) is 1.25. The summed E-state index contributed by atoms with van der Waals surface area (Å²) in [6.45, 7) is 6.93. The van der Waals surface area contributed by atoms with Crippen LogP contribution >= 0.6 is 0 Å². The monoisotopic (exact) mass is 242 g/mol. The van der Waals surface area contributed by atoms with E-state index in [-0.39, 0.29) is 18.7 Å². The summed E-state index contributed by atoms with van der Waals surface area (Å²) in [6, 6.07) is 0. The van der Waals surface area contributed by atoms with E-state index in [1.807, 2.05) is 0 Å². The molecule has 0 fully saturated rings. The standard InChI is InChI=1S/C11H18O4Si/c1-16(2,3)15-10-5-4-9-8(11(10)12)6-13-7-14-9/h10H,4-7H2,1-3H3. The van der Waals surface area contributed by atoms with Crippen LogP contribution in [0.4, 0.5) is 0 Å². The Kier molecular flexibility index (Phi) is 3.19. The third kappa shape index (κ3) is 2.53. The average Bonchev–Trinajstić information content (AvgIpc) is 2.21. The van der Waals surface area contributed by atoms with Crippen LogP contribution in [0.2, 0.25) is 19.6 Å². The zero-order valence-corrected chi connectivity index (χ0v) is 11.0. The number of ether oxygens (including phenoxy) is 2. The lowest BCUT2D eigenvalue weighted by Gasteiger charge is -2.32. The van der Waals surface area contributed by atoms with Gasteiger partial charge in [-0.3, -0.25) is 4.79 Å². The van der Waals surface area contributed by atoms with Crippen molar-refractivity contribution in [2.45, 2.75) is 38.6 Å². The number of Topliss-reactive ketones (excluding diaryl/α,β-unsaturated/α-hetero) is 1. The number of ketones is 1. The minimum Gasteiger partial charge on any atom is -0.471 e. The van der Waals surface area contributed by atoms with Gasteiger partial charge in [0.2, 0.25) is 0 Å². The molecule has 90 valence electrons. The van der Waals surface area contributed by atoms with Crippen molar-refractivity contribution in [3.05, 3.63) is 11.3 Å². The topological polar surface area (TPSA) is 44.8 Å². The second-order valence-electron chi connectivity index (χ2n) is 5.13. The fourth-order valence-corrected chi connectivity index (χ4v) is 3.06. The molecule has 0 aromatic carbocycles. The molecule has 0 saturated heterocycles. The molecule has 1 heterocycles. The third-order valence-electron chi connectivity index (χ3n) is 2.62. The molecule has 5 heteroatoms. The van der Waals surface area contributed by atoms with Gasteiger partial charge < -0.3 is 13.9 Å². The molecule has 0 aromatic rings. The highest BCUT2D eigenvalue weighted by Gasteiger charge is 2.35. The summed E-state index contributed by atoms with van der Waals surface area (Å²) < 4.78 is 16.3. The second-order valence-corrected chi connectivity index (χ2v) is 9.59. The molecule has 1 aliphatic carbocycles. The third-order valence-corrected chi connectivity index (χ3v) is 3.61. The molecule has 2 rings (SSSR count). The van der Waals surface area contributed by atoms with Crippen LogP contribution in [0.3, 0.4) is 0 Å². The first-order chi connectivity index (χ1) is 7.47. The summed E-state index contributed by atoms with van der Waals surface area (Å²) in [5.41, 5.74) is 0.681. The van der Waals surface area contributed by atoms with Crippen LogP contribution in [-0.2, 0) is 18.7 Å². The van der Waals surface area contributed by atoms with E-state index >= 15 is 0 Å². The van der Waals surface area contributed by atoms with Crippen molar-refractivity contribution in [1.29, 1.82) is 0 Å². The molecule has 0 bridgehead atoms. The van der Waals surface area contributed by atoms with Gasteiger partial charge in [-0.05, 0) is 26.1 Å². The summed E-state index contributed by atoms with van der Waals surface area (Å²) >= 11 is 0. The van der Waals surface area contributed by atoms with Crippen LogP contribution in [0.25, 0.3) is 0 Å². The normalized spacial score (nSPS) is 26.4. The molecule has 0 radical (unpaired) electrons. The lowest BCUT2D eigenvalue weighted by atomic mass is 9.94. The zero-order valence-electron chi connectivity index (χ0n) is 10.0. The van der Waals surface area contributed by atoms with Crippen molar-refractivity contribution in [2.75, 3.05) is 13.4 Å². The fraction of sp³-hybridized carbons (Fsp3) is 0.727. The lowest BCUT2D eigenvalue weighted by molar-refractivity contribution is -0.128. The number of carbonyl (C=O) groups is 1. The molecule has 16 heavy (non-hydrogen) atoms. The van der Waals surface area contributed by atoms with Crippen molar-refractivity contribution in [1.82, 2.24) is 0 Å². The van der Waals surface area contributed by atoms with Gasteiger partial charge in [0.1, 0.15) is 11.9 Å². The van der Waals surface area contributed by atoms with Gasteiger partial charge in [-0.25, -0.2) is 0 Å². The van der Waals surface area contributed by atoms with Crippen LogP contribution in [0.1, 0.15) is 12.8 Å². The van der Waals surface area contributed by atoms with E-state index in [1.165, 1.54) is 0 Å². The van der Waals surface area contributed by atoms with E-state index in [0.29, 0.717) is 12.2 Å². The van der Waals surface area contributed by atoms with Gasteiger partial charge in [0.25, 0.3) is 0 Å². The molecular weight excluding hydrogens is 224 g/mol. The summed E-state index contributed by atoms with van der Waals surface area (Å²) in [4.78, 5) is 12.1. The van der Waals surface area contributed by atoms with Gasteiger partial charge in [-0.2, -0.15) is 0 Å². The largest absolute Gasteiger partial charge is 0.471 e. The Bertz CT molecular complexity index is 329. The predicted molar refractivity (Wildman–Crippen MR) is 61.4 cm³/mol. The zero-order chi connectivity index (χ0) is 11.8. The number of hydrogen-bond acceptors (Lipinski definition) is 4. The van der Waals surface area contributed by atoms with Crippen LogP contribution in [0.5, 0.6) is 0 Å².